The van der Waals surface area contributed by atoms with Crippen LogP contribution in [0.2, 0.25) is 0 Å². The average molecular weight is 361 g/mol. The van der Waals surface area contributed by atoms with Crippen molar-refractivity contribution in [3.63, 3.8) is 0 Å². The smallest absolute Gasteiger partial charge is 0.311 e. The zero-order valence-corrected chi connectivity index (χ0v) is 11.6. The summed E-state index contributed by atoms with van der Waals surface area (Å²) in [5, 5.41) is 21.1. The fourth-order valence-corrected chi connectivity index (χ4v) is 1.96. The molecule has 0 saturated heterocycles. The molecule has 96 valence electrons. The van der Waals surface area contributed by atoms with E-state index in [1.54, 1.807) is 12.1 Å². The first-order valence-corrected chi connectivity index (χ1v) is 6.53. The van der Waals surface area contributed by atoms with Gasteiger partial charge in [-0.15, -0.1) is 0 Å². The van der Waals surface area contributed by atoms with E-state index in [1.165, 1.54) is 6.07 Å². The van der Waals surface area contributed by atoms with Gasteiger partial charge in [0.05, 0.1) is 8.99 Å². The van der Waals surface area contributed by atoms with E-state index in [2.05, 4.69) is 5.32 Å². The molecule has 0 radical (unpaired) electrons. The number of amides is 1. The summed E-state index contributed by atoms with van der Waals surface area (Å²) < 4.78 is 0.661. The van der Waals surface area contributed by atoms with Gasteiger partial charge in [0.1, 0.15) is 5.75 Å². The van der Waals surface area contributed by atoms with Crippen molar-refractivity contribution in [2.75, 3.05) is 6.54 Å². The third-order valence-corrected chi connectivity index (χ3v) is 4.02. The lowest BCUT2D eigenvalue weighted by atomic mass is 10.1. The van der Waals surface area contributed by atoms with Crippen molar-refractivity contribution in [3.05, 3.63) is 27.3 Å². The number of carboxylic acid groups (broad SMARTS) is 1. The number of carbonyl (C=O) groups excluding carboxylic acids is 1. The largest absolute Gasteiger partial charge is 0.507 e. The number of phenolic OH excluding ortho intramolecular Hbond substituents is 1. The molecule has 1 amide bonds. The fourth-order valence-electron chi connectivity index (χ4n) is 1.62. The van der Waals surface area contributed by atoms with Gasteiger partial charge in [-0.25, -0.2) is 0 Å². The third-order valence-electron chi connectivity index (χ3n) is 3.10. The summed E-state index contributed by atoms with van der Waals surface area (Å²) in [4.78, 5) is 22.7. The highest BCUT2D eigenvalue weighted by atomic mass is 127. The predicted octanol–water partition coefficient (Wildman–Crippen LogP) is 1.59. The summed E-state index contributed by atoms with van der Waals surface area (Å²) in [7, 11) is 0. The van der Waals surface area contributed by atoms with Crippen LogP contribution in [0.3, 0.4) is 0 Å². The molecule has 1 aromatic carbocycles. The van der Waals surface area contributed by atoms with Crippen molar-refractivity contribution in [1.82, 2.24) is 5.32 Å². The molecule has 0 bridgehead atoms. The Labute approximate surface area is 117 Å². The van der Waals surface area contributed by atoms with Gasteiger partial charge in [-0.1, -0.05) is 0 Å². The Balaban J connectivity index is 2.00. The highest BCUT2D eigenvalue weighted by Crippen LogP contribution is 2.45. The number of hydrogen-bond acceptors (Lipinski definition) is 3. The first kappa shape index (κ1) is 13.1. The Kier molecular flexibility index (Phi) is 3.47. The van der Waals surface area contributed by atoms with Crippen LogP contribution in [0.15, 0.2) is 18.2 Å². The van der Waals surface area contributed by atoms with Crippen molar-refractivity contribution in [1.29, 1.82) is 0 Å². The number of nitrogens with one attached hydrogen (secondary N) is 1. The van der Waals surface area contributed by atoms with E-state index in [-0.39, 0.29) is 18.2 Å². The van der Waals surface area contributed by atoms with Crippen LogP contribution in [0.5, 0.6) is 5.75 Å². The monoisotopic (exact) mass is 361 g/mol. The van der Waals surface area contributed by atoms with E-state index < -0.39 is 11.4 Å². The lowest BCUT2D eigenvalue weighted by Gasteiger charge is -2.11. The molecule has 18 heavy (non-hydrogen) atoms. The Bertz CT molecular complexity index is 511. The molecule has 0 spiro atoms. The minimum atomic E-state index is -0.867. The number of carbonyl (C=O) groups is 2. The molecule has 6 heteroatoms. The van der Waals surface area contributed by atoms with Gasteiger partial charge in [0, 0.05) is 12.1 Å². The van der Waals surface area contributed by atoms with E-state index in [1.807, 2.05) is 22.6 Å². The van der Waals surface area contributed by atoms with Crippen molar-refractivity contribution in [2.24, 2.45) is 5.41 Å². The quantitative estimate of drug-likeness (QED) is 0.711. The summed E-state index contributed by atoms with van der Waals surface area (Å²) in [5.74, 6) is -1.19. The van der Waals surface area contributed by atoms with Gasteiger partial charge >= 0.3 is 5.97 Å². The zero-order valence-electron chi connectivity index (χ0n) is 9.44. The Morgan fingerprint density at radius 3 is 2.56 bits per heavy atom. The van der Waals surface area contributed by atoms with Gasteiger partial charge < -0.3 is 15.5 Å². The number of aromatic hydroxyl groups is 1. The molecule has 0 aliphatic heterocycles. The molecule has 1 fully saturated rings. The van der Waals surface area contributed by atoms with E-state index in [9.17, 15) is 14.7 Å². The summed E-state index contributed by atoms with van der Waals surface area (Å²) in [5.41, 5.74) is -0.449. The van der Waals surface area contributed by atoms with E-state index in [0.29, 0.717) is 22.0 Å². The Morgan fingerprint density at radius 1 is 1.39 bits per heavy atom. The van der Waals surface area contributed by atoms with Crippen LogP contribution in [0.4, 0.5) is 0 Å². The molecule has 0 atom stereocenters. The Hall–Kier alpha value is -1.31. The molecular formula is C12H12INO4. The minimum Gasteiger partial charge on any atom is -0.507 e. The van der Waals surface area contributed by atoms with Crippen molar-refractivity contribution in [2.45, 2.75) is 12.8 Å². The lowest BCUT2D eigenvalue weighted by Crippen LogP contribution is -2.34. The Morgan fingerprint density at radius 2 is 2.06 bits per heavy atom. The van der Waals surface area contributed by atoms with Crippen LogP contribution in [0.1, 0.15) is 23.2 Å². The lowest BCUT2D eigenvalue weighted by molar-refractivity contribution is -0.143. The molecule has 2 rings (SSSR count). The summed E-state index contributed by atoms with van der Waals surface area (Å²) >= 11 is 1.96. The molecule has 0 aromatic heterocycles. The van der Waals surface area contributed by atoms with Gasteiger partial charge in [0.2, 0.25) is 0 Å². The number of benzene rings is 1. The molecular weight excluding hydrogens is 349 g/mol. The third kappa shape index (κ3) is 2.58. The zero-order chi connectivity index (χ0) is 13.3. The van der Waals surface area contributed by atoms with Gasteiger partial charge in [0.15, 0.2) is 0 Å². The summed E-state index contributed by atoms with van der Waals surface area (Å²) in [6, 6.07) is 4.60. The highest BCUT2D eigenvalue weighted by Gasteiger charge is 2.50. The van der Waals surface area contributed by atoms with E-state index >= 15 is 0 Å². The van der Waals surface area contributed by atoms with Gasteiger partial charge in [-0.2, -0.15) is 0 Å². The molecule has 1 aliphatic carbocycles. The number of aliphatic carboxylic acids is 1. The molecule has 1 aliphatic rings. The van der Waals surface area contributed by atoms with Crippen molar-refractivity contribution in [3.8, 4) is 5.75 Å². The van der Waals surface area contributed by atoms with Crippen molar-refractivity contribution >= 4 is 34.5 Å². The van der Waals surface area contributed by atoms with Crippen LogP contribution in [0.25, 0.3) is 0 Å². The van der Waals surface area contributed by atoms with Gasteiger partial charge in [0.25, 0.3) is 5.91 Å². The summed E-state index contributed by atoms with van der Waals surface area (Å²) in [6.07, 6.45) is 1.20. The molecule has 0 heterocycles. The second kappa shape index (κ2) is 4.75. The maximum absolute atomic E-state index is 11.8. The number of phenols is 1. The van der Waals surface area contributed by atoms with Crippen LogP contribution < -0.4 is 5.32 Å². The maximum Gasteiger partial charge on any atom is 0.311 e. The summed E-state index contributed by atoms with van der Waals surface area (Å²) in [6.45, 7) is 0.133. The second-order valence-electron chi connectivity index (χ2n) is 4.43. The van der Waals surface area contributed by atoms with Crippen molar-refractivity contribution < 1.29 is 19.8 Å². The first-order valence-electron chi connectivity index (χ1n) is 5.45. The van der Waals surface area contributed by atoms with Crippen LogP contribution in [-0.2, 0) is 4.79 Å². The highest BCUT2D eigenvalue weighted by molar-refractivity contribution is 14.1. The predicted molar refractivity (Wildman–Crippen MR) is 72.5 cm³/mol. The second-order valence-corrected chi connectivity index (χ2v) is 5.60. The van der Waals surface area contributed by atoms with E-state index in [4.69, 9.17) is 5.11 Å². The van der Waals surface area contributed by atoms with Gasteiger partial charge in [-0.05, 0) is 53.6 Å². The van der Waals surface area contributed by atoms with Gasteiger partial charge in [-0.3, -0.25) is 9.59 Å². The molecule has 1 aromatic rings. The molecule has 3 N–H and O–H groups in total. The van der Waals surface area contributed by atoms with Crippen LogP contribution >= 0.6 is 22.6 Å². The minimum absolute atomic E-state index is 0.0441. The number of hydrogen-bond donors (Lipinski definition) is 3. The van der Waals surface area contributed by atoms with E-state index in [0.717, 1.165) is 0 Å². The molecule has 5 nitrogen and oxygen atoms in total. The maximum atomic E-state index is 11.8. The molecule has 0 unspecified atom stereocenters. The first-order chi connectivity index (χ1) is 8.44. The average Bonchev–Trinajstić information content (AvgIpc) is 3.11. The standard InChI is InChI=1S/C12H12INO4/c13-8-2-1-7(5-9(8)15)10(16)14-6-12(3-4-12)11(17)18/h1-2,5,15H,3-4,6H2,(H,14,16)(H,17,18). The topological polar surface area (TPSA) is 86.6 Å². The van der Waals surface area contributed by atoms with Crippen LogP contribution in [-0.4, -0.2) is 28.6 Å². The normalized spacial score (nSPS) is 16.1. The van der Waals surface area contributed by atoms with Crippen LogP contribution in [0, 0.1) is 8.99 Å². The molecule has 1 saturated carbocycles. The fraction of sp³-hybridized carbons (Fsp3) is 0.333. The number of carboxylic acids is 1. The SMILES string of the molecule is O=C(NCC1(C(=O)O)CC1)c1ccc(I)c(O)c1. The number of rotatable bonds is 4. The number of halogens is 1.